The van der Waals surface area contributed by atoms with Crippen LogP contribution in [0.3, 0.4) is 0 Å². The zero-order valence-corrected chi connectivity index (χ0v) is 10.1. The minimum absolute atomic E-state index is 0.0327. The molecule has 0 fully saturated rings. The quantitative estimate of drug-likeness (QED) is 0.913. The molecule has 18 heavy (non-hydrogen) atoms. The fourth-order valence-electron chi connectivity index (χ4n) is 1.74. The van der Waals surface area contributed by atoms with Gasteiger partial charge in [-0.25, -0.2) is 8.78 Å². The van der Waals surface area contributed by atoms with Crippen LogP contribution in [-0.2, 0) is 13.7 Å². The average molecular weight is 253 g/mol. The van der Waals surface area contributed by atoms with Gasteiger partial charge in [-0.05, 0) is 17.7 Å². The van der Waals surface area contributed by atoms with Crippen molar-refractivity contribution >= 4 is 5.82 Å². The topological polar surface area (TPSA) is 53.1 Å². The van der Waals surface area contributed by atoms with Gasteiger partial charge in [0, 0.05) is 18.7 Å². The Labute approximate surface area is 103 Å². The van der Waals surface area contributed by atoms with Gasteiger partial charge in [0.15, 0.2) is 11.6 Å². The van der Waals surface area contributed by atoms with Crippen molar-refractivity contribution in [3.05, 3.63) is 29.6 Å². The minimum Gasteiger partial charge on any atom is -0.493 e. The smallest absolute Gasteiger partial charge is 0.166 e. The number of aromatic nitrogens is 2. The Morgan fingerprint density at radius 1 is 1.39 bits per heavy atom. The van der Waals surface area contributed by atoms with E-state index in [9.17, 15) is 8.78 Å². The highest BCUT2D eigenvalue weighted by Gasteiger charge is 2.16. The van der Waals surface area contributed by atoms with Gasteiger partial charge in [0.05, 0.1) is 12.8 Å². The summed E-state index contributed by atoms with van der Waals surface area (Å²) in [6.45, 7) is -0.754. The summed E-state index contributed by atoms with van der Waals surface area (Å²) in [6.07, 6.45) is 0. The highest BCUT2D eigenvalue weighted by Crippen LogP contribution is 2.33. The Balaban J connectivity index is 2.64. The van der Waals surface area contributed by atoms with Gasteiger partial charge in [-0.15, -0.1) is 0 Å². The standard InChI is InChI=1S/C12H13F2N3O/c1-17-11(15)5-10(16-17)8-3-7(6-13)4-9(14)12(8)18-2/h3-5H,6,15H2,1-2H3. The number of hydrogen-bond acceptors (Lipinski definition) is 3. The molecule has 0 unspecified atom stereocenters. The summed E-state index contributed by atoms with van der Waals surface area (Å²) in [4.78, 5) is 0. The van der Waals surface area contributed by atoms with Gasteiger partial charge in [0.25, 0.3) is 0 Å². The summed E-state index contributed by atoms with van der Waals surface area (Å²) in [7, 11) is 3.02. The van der Waals surface area contributed by atoms with Crippen LogP contribution in [-0.4, -0.2) is 16.9 Å². The molecule has 4 nitrogen and oxygen atoms in total. The first-order valence-corrected chi connectivity index (χ1v) is 5.29. The number of anilines is 1. The minimum atomic E-state index is -0.754. The third kappa shape index (κ3) is 2.01. The number of halogens is 2. The van der Waals surface area contributed by atoms with Gasteiger partial charge < -0.3 is 10.5 Å². The van der Waals surface area contributed by atoms with E-state index < -0.39 is 12.5 Å². The van der Waals surface area contributed by atoms with E-state index in [0.717, 1.165) is 6.07 Å². The first-order valence-electron chi connectivity index (χ1n) is 5.29. The van der Waals surface area contributed by atoms with Gasteiger partial charge in [0.1, 0.15) is 12.5 Å². The predicted molar refractivity (Wildman–Crippen MR) is 64.4 cm³/mol. The van der Waals surface area contributed by atoms with Crippen LogP contribution in [0.15, 0.2) is 18.2 Å². The third-order valence-corrected chi connectivity index (χ3v) is 2.65. The second-order valence-electron chi connectivity index (χ2n) is 3.87. The average Bonchev–Trinajstić information content (AvgIpc) is 2.68. The maximum absolute atomic E-state index is 13.7. The molecular weight excluding hydrogens is 240 g/mol. The van der Waals surface area contributed by atoms with Crippen LogP contribution >= 0.6 is 0 Å². The van der Waals surface area contributed by atoms with Crippen LogP contribution in [0.5, 0.6) is 5.75 Å². The summed E-state index contributed by atoms with van der Waals surface area (Å²) < 4.78 is 32.8. The van der Waals surface area contributed by atoms with Crippen molar-refractivity contribution in [2.24, 2.45) is 7.05 Å². The first kappa shape index (κ1) is 12.3. The van der Waals surface area contributed by atoms with E-state index in [1.807, 2.05) is 0 Å². The number of benzene rings is 1. The molecule has 6 heteroatoms. The Kier molecular flexibility index (Phi) is 3.18. The summed E-state index contributed by atoms with van der Waals surface area (Å²) in [6, 6.07) is 4.19. The van der Waals surface area contributed by atoms with Gasteiger partial charge >= 0.3 is 0 Å². The van der Waals surface area contributed by atoms with Gasteiger partial charge in [-0.3, -0.25) is 4.68 Å². The van der Waals surface area contributed by atoms with Gasteiger partial charge in [-0.1, -0.05) is 0 Å². The van der Waals surface area contributed by atoms with Crippen molar-refractivity contribution in [2.45, 2.75) is 6.67 Å². The highest BCUT2D eigenvalue weighted by atomic mass is 19.1. The molecule has 0 aliphatic rings. The van der Waals surface area contributed by atoms with E-state index in [4.69, 9.17) is 10.5 Å². The Morgan fingerprint density at radius 3 is 2.61 bits per heavy atom. The Bertz CT molecular complexity index is 561. The number of nitrogens with two attached hydrogens (primary N) is 1. The number of methoxy groups -OCH3 is 1. The molecule has 0 aliphatic heterocycles. The molecule has 0 radical (unpaired) electrons. The molecule has 96 valence electrons. The van der Waals surface area contributed by atoms with Crippen molar-refractivity contribution in [1.82, 2.24) is 9.78 Å². The van der Waals surface area contributed by atoms with Crippen LogP contribution in [0.4, 0.5) is 14.6 Å². The molecule has 2 aromatic rings. The lowest BCUT2D eigenvalue weighted by Gasteiger charge is -2.09. The molecule has 1 aromatic carbocycles. The van der Waals surface area contributed by atoms with E-state index in [-0.39, 0.29) is 11.3 Å². The van der Waals surface area contributed by atoms with Crippen LogP contribution in [0.25, 0.3) is 11.3 Å². The number of hydrogen-bond donors (Lipinski definition) is 1. The van der Waals surface area contributed by atoms with Crippen LogP contribution in [0, 0.1) is 5.82 Å². The lowest BCUT2D eigenvalue weighted by Crippen LogP contribution is -1.97. The summed E-state index contributed by atoms with van der Waals surface area (Å²) in [5, 5.41) is 4.13. The zero-order chi connectivity index (χ0) is 13.3. The Hall–Kier alpha value is -2.11. The molecule has 2 N–H and O–H groups in total. The van der Waals surface area contributed by atoms with E-state index in [0.29, 0.717) is 17.1 Å². The number of nitrogen functional groups attached to an aromatic ring is 1. The van der Waals surface area contributed by atoms with E-state index in [1.54, 1.807) is 13.1 Å². The fourth-order valence-corrected chi connectivity index (χ4v) is 1.74. The highest BCUT2D eigenvalue weighted by molar-refractivity contribution is 5.70. The molecule has 0 amide bonds. The molecule has 0 spiro atoms. The molecule has 1 heterocycles. The number of rotatable bonds is 3. The normalized spacial score (nSPS) is 10.7. The Morgan fingerprint density at radius 2 is 2.11 bits per heavy atom. The molecule has 1 aromatic heterocycles. The molecule has 0 aliphatic carbocycles. The molecule has 0 bridgehead atoms. The monoisotopic (exact) mass is 253 g/mol. The molecule has 2 rings (SSSR count). The lowest BCUT2D eigenvalue weighted by molar-refractivity contribution is 0.386. The lowest BCUT2D eigenvalue weighted by atomic mass is 10.1. The zero-order valence-electron chi connectivity index (χ0n) is 10.1. The van der Waals surface area contributed by atoms with Crippen molar-refractivity contribution in [3.8, 4) is 17.0 Å². The number of ether oxygens (including phenoxy) is 1. The maximum atomic E-state index is 13.7. The number of nitrogens with zero attached hydrogens (tertiary/aromatic N) is 2. The number of alkyl halides is 1. The number of aryl methyl sites for hydroxylation is 1. The fraction of sp³-hybridized carbons (Fsp3) is 0.250. The van der Waals surface area contributed by atoms with Crippen molar-refractivity contribution in [1.29, 1.82) is 0 Å². The SMILES string of the molecule is COc1c(F)cc(CF)cc1-c1cc(N)n(C)n1. The predicted octanol–water partition coefficient (Wildman–Crippen LogP) is 2.29. The summed E-state index contributed by atoms with van der Waals surface area (Å²) in [5.41, 5.74) is 6.73. The molecule has 0 saturated carbocycles. The van der Waals surface area contributed by atoms with E-state index in [2.05, 4.69) is 5.10 Å². The van der Waals surface area contributed by atoms with Crippen LogP contribution in [0.2, 0.25) is 0 Å². The molecule has 0 saturated heterocycles. The van der Waals surface area contributed by atoms with Crippen LogP contribution in [0.1, 0.15) is 5.56 Å². The van der Waals surface area contributed by atoms with E-state index in [1.165, 1.54) is 17.9 Å². The summed E-state index contributed by atoms with van der Waals surface area (Å²) in [5.74, 6) is -0.157. The third-order valence-electron chi connectivity index (χ3n) is 2.65. The van der Waals surface area contributed by atoms with Crippen molar-refractivity contribution < 1.29 is 13.5 Å². The first-order chi connectivity index (χ1) is 8.56. The van der Waals surface area contributed by atoms with Crippen LogP contribution < -0.4 is 10.5 Å². The summed E-state index contributed by atoms with van der Waals surface area (Å²) >= 11 is 0. The van der Waals surface area contributed by atoms with Gasteiger partial charge in [0.2, 0.25) is 0 Å². The van der Waals surface area contributed by atoms with E-state index >= 15 is 0 Å². The van der Waals surface area contributed by atoms with Gasteiger partial charge in [-0.2, -0.15) is 5.10 Å². The second-order valence-corrected chi connectivity index (χ2v) is 3.87. The maximum Gasteiger partial charge on any atom is 0.166 e. The van der Waals surface area contributed by atoms with Crippen molar-refractivity contribution in [2.75, 3.05) is 12.8 Å². The molecular formula is C12H13F2N3O. The second kappa shape index (κ2) is 4.64. The van der Waals surface area contributed by atoms with Crippen molar-refractivity contribution in [3.63, 3.8) is 0 Å². The molecule has 0 atom stereocenters. The largest absolute Gasteiger partial charge is 0.493 e.